The average Bonchev–Trinajstić information content (AvgIpc) is 2.33. The Morgan fingerprint density at radius 3 is 1.44 bits per heavy atom. The van der Waals surface area contributed by atoms with E-state index in [1.165, 1.54) is 0 Å². The van der Waals surface area contributed by atoms with Crippen molar-refractivity contribution in [1.82, 2.24) is 0 Å². The van der Waals surface area contributed by atoms with Gasteiger partial charge in [-0.25, -0.2) is 18.3 Å². The van der Waals surface area contributed by atoms with Gasteiger partial charge in [0.05, 0.1) is 13.2 Å². The molecule has 0 rings (SSSR count). The molecule has 152 valence electrons. The van der Waals surface area contributed by atoms with Gasteiger partial charge in [-0.15, -0.1) is 0 Å². The number of unbranched alkanes of at least 4 members (excludes halogenated alkanes) is 2. The van der Waals surface area contributed by atoms with Gasteiger partial charge in [0.1, 0.15) is 0 Å². The van der Waals surface area contributed by atoms with E-state index in [2.05, 4.69) is 12.9 Å². The van der Waals surface area contributed by atoms with E-state index in [1.54, 1.807) is 13.8 Å². The van der Waals surface area contributed by atoms with Gasteiger partial charge in [0.2, 0.25) is 0 Å². The molecule has 2 atom stereocenters. The molecule has 0 spiro atoms. The van der Waals surface area contributed by atoms with Crippen molar-refractivity contribution in [3.8, 4) is 0 Å². The van der Waals surface area contributed by atoms with Crippen LogP contribution in [0.1, 0.15) is 39.5 Å². The van der Waals surface area contributed by atoms with Crippen molar-refractivity contribution in [3.05, 3.63) is 0 Å². The van der Waals surface area contributed by atoms with E-state index in [-0.39, 0.29) is 13.2 Å². The second-order valence-corrected chi connectivity index (χ2v) is 10.7. The van der Waals surface area contributed by atoms with Crippen LogP contribution >= 0.6 is 31.3 Å². The molecule has 0 amide bonds. The summed E-state index contributed by atoms with van der Waals surface area (Å²) in [5, 5.41) is 0. The fraction of sp³-hybridized carbons (Fsp3) is 1.00. The van der Waals surface area contributed by atoms with E-state index >= 15 is 0 Å². The molecule has 17 heteroatoms. The number of phosphoric acid groups is 4. The molecule has 4 N–H and O–H groups in total. The highest BCUT2D eigenvalue weighted by Gasteiger charge is 2.46. The van der Waals surface area contributed by atoms with Gasteiger partial charge in [0, 0.05) is 0 Å². The molecule has 0 aromatic carbocycles. The summed E-state index contributed by atoms with van der Waals surface area (Å²) >= 11 is 0. The Labute approximate surface area is 144 Å². The quantitative estimate of drug-likeness (QED) is 0.223. The summed E-state index contributed by atoms with van der Waals surface area (Å²) in [5.74, 6) is 0. The van der Waals surface area contributed by atoms with Crippen molar-refractivity contribution < 1.29 is 59.8 Å². The van der Waals surface area contributed by atoms with Crippen LogP contribution < -0.4 is 0 Å². The Kier molecular flexibility index (Phi) is 11.0. The molecular weight excluding hydrogens is 428 g/mol. The predicted octanol–water partition coefficient (Wildman–Crippen LogP) is 3.07. The smallest absolute Gasteiger partial charge is 0.302 e. The first kappa shape index (κ1) is 25.6. The Bertz CT molecular complexity index is 571. The van der Waals surface area contributed by atoms with Crippen molar-refractivity contribution in [1.29, 1.82) is 0 Å². The molecule has 0 aromatic heterocycles. The lowest BCUT2D eigenvalue weighted by Gasteiger charge is -2.21. The zero-order valence-corrected chi connectivity index (χ0v) is 17.1. The maximum absolute atomic E-state index is 12.3. The third-order valence-corrected chi connectivity index (χ3v) is 8.06. The summed E-state index contributed by atoms with van der Waals surface area (Å²) in [6.07, 6.45) is 2.07. The minimum atomic E-state index is -5.72. The topological polar surface area (TPSA) is 195 Å². The average molecular weight is 450 g/mol. The number of hydrogen-bond donors (Lipinski definition) is 4. The Morgan fingerprint density at radius 2 is 1.08 bits per heavy atom. The maximum Gasteiger partial charge on any atom is 0.490 e. The minimum absolute atomic E-state index is 0.171. The van der Waals surface area contributed by atoms with Gasteiger partial charge in [-0.2, -0.15) is 12.9 Å². The fourth-order valence-electron chi connectivity index (χ4n) is 1.15. The van der Waals surface area contributed by atoms with Crippen LogP contribution in [0.2, 0.25) is 0 Å². The number of phosphoric ester groups is 1. The second kappa shape index (κ2) is 10.8. The molecule has 0 aliphatic rings. The Morgan fingerprint density at radius 1 is 0.680 bits per heavy atom. The largest absolute Gasteiger partial charge is 0.490 e. The van der Waals surface area contributed by atoms with Crippen LogP contribution in [0, 0.1) is 0 Å². The normalized spacial score (nSPS) is 17.8. The fourth-order valence-corrected chi connectivity index (χ4v) is 6.21. The molecule has 0 aromatic rings. The van der Waals surface area contributed by atoms with Crippen LogP contribution in [0.3, 0.4) is 0 Å². The molecular formula is C8H22O13P4. The second-order valence-electron chi connectivity index (χ2n) is 4.49. The molecule has 0 fully saturated rings. The van der Waals surface area contributed by atoms with Gasteiger partial charge in [0.15, 0.2) is 0 Å². The van der Waals surface area contributed by atoms with Crippen LogP contribution in [0.25, 0.3) is 0 Å². The summed E-state index contributed by atoms with van der Waals surface area (Å²) < 4.78 is 66.6. The molecule has 0 aliphatic carbocycles. The van der Waals surface area contributed by atoms with E-state index in [9.17, 15) is 23.2 Å². The highest BCUT2D eigenvalue weighted by atomic mass is 31.3. The molecule has 0 saturated heterocycles. The molecule has 0 radical (unpaired) electrons. The van der Waals surface area contributed by atoms with Gasteiger partial charge in [-0.05, 0) is 12.8 Å². The van der Waals surface area contributed by atoms with Crippen LogP contribution in [0.5, 0.6) is 0 Å². The maximum atomic E-state index is 12.3. The molecule has 25 heavy (non-hydrogen) atoms. The first-order chi connectivity index (χ1) is 11.2. The molecule has 0 heterocycles. The van der Waals surface area contributed by atoms with Crippen molar-refractivity contribution >= 4 is 31.3 Å². The SMILES string of the molecule is CCCCOP(=O)(OCCCC)OP(=O)(O)OP(=O)(O)OP(=O)(O)O. The molecule has 13 nitrogen and oxygen atoms in total. The van der Waals surface area contributed by atoms with E-state index < -0.39 is 31.3 Å². The summed E-state index contributed by atoms with van der Waals surface area (Å²) in [6.45, 7) is 3.23. The minimum Gasteiger partial charge on any atom is -0.302 e. The molecule has 2 unspecified atom stereocenters. The Hall–Kier alpha value is 0.560. The van der Waals surface area contributed by atoms with Crippen molar-refractivity contribution in [3.63, 3.8) is 0 Å². The lowest BCUT2D eigenvalue weighted by atomic mass is 10.4. The summed E-state index contributed by atoms with van der Waals surface area (Å²) in [6, 6.07) is 0. The highest BCUT2D eigenvalue weighted by Crippen LogP contribution is 2.71. The van der Waals surface area contributed by atoms with Crippen LogP contribution in [0.15, 0.2) is 0 Å². The van der Waals surface area contributed by atoms with Crippen molar-refractivity contribution in [2.45, 2.75) is 39.5 Å². The standard InChI is InChI=1S/C8H22O13P4/c1-3-5-7-17-25(16,18-8-6-4-2)21-24(14,15)20-23(12,13)19-22(9,10)11/h3-8H2,1-2H3,(H,12,13)(H,14,15)(H2,9,10,11). The predicted molar refractivity (Wildman–Crippen MR) is 84.3 cm³/mol. The van der Waals surface area contributed by atoms with Gasteiger partial charge < -0.3 is 19.6 Å². The Balaban J connectivity index is 5.09. The van der Waals surface area contributed by atoms with E-state index in [0.717, 1.165) is 0 Å². The zero-order chi connectivity index (χ0) is 19.8. The first-order valence-corrected chi connectivity index (χ1v) is 13.0. The van der Waals surface area contributed by atoms with Gasteiger partial charge in [-0.1, -0.05) is 26.7 Å². The van der Waals surface area contributed by atoms with Crippen molar-refractivity contribution in [2.24, 2.45) is 0 Å². The van der Waals surface area contributed by atoms with Gasteiger partial charge in [-0.3, -0.25) is 9.05 Å². The van der Waals surface area contributed by atoms with Crippen LogP contribution in [-0.2, 0) is 40.2 Å². The third kappa shape index (κ3) is 13.4. The van der Waals surface area contributed by atoms with E-state index in [4.69, 9.17) is 23.7 Å². The number of hydrogen-bond acceptors (Lipinski definition) is 9. The molecule has 0 aliphatic heterocycles. The highest BCUT2D eigenvalue weighted by molar-refractivity contribution is 7.69. The van der Waals surface area contributed by atoms with Crippen molar-refractivity contribution in [2.75, 3.05) is 13.2 Å². The number of rotatable bonds is 14. The molecule has 0 saturated carbocycles. The van der Waals surface area contributed by atoms with Crippen LogP contribution in [0.4, 0.5) is 0 Å². The summed E-state index contributed by atoms with van der Waals surface area (Å²) in [7, 11) is -21.5. The van der Waals surface area contributed by atoms with Crippen LogP contribution in [-0.4, -0.2) is 32.8 Å². The zero-order valence-electron chi connectivity index (χ0n) is 13.5. The van der Waals surface area contributed by atoms with Gasteiger partial charge in [0.25, 0.3) is 0 Å². The first-order valence-electron chi connectivity index (χ1n) is 6.98. The summed E-state index contributed by atoms with van der Waals surface area (Å²) in [4.78, 5) is 35.3. The monoisotopic (exact) mass is 450 g/mol. The lowest BCUT2D eigenvalue weighted by Crippen LogP contribution is -2.03. The molecule has 0 bridgehead atoms. The van der Waals surface area contributed by atoms with E-state index in [0.29, 0.717) is 25.7 Å². The third-order valence-electron chi connectivity index (χ3n) is 2.11. The lowest BCUT2D eigenvalue weighted by molar-refractivity contribution is 0.135. The van der Waals surface area contributed by atoms with Gasteiger partial charge >= 0.3 is 31.3 Å². The summed E-state index contributed by atoms with van der Waals surface area (Å²) in [5.41, 5.74) is 0. The van der Waals surface area contributed by atoms with E-state index in [1.807, 2.05) is 0 Å².